The summed E-state index contributed by atoms with van der Waals surface area (Å²) in [5.41, 5.74) is 4.25. The molecule has 6 rings (SSSR count). The molecule has 0 aromatic heterocycles. The number of phenols is 1. The Kier molecular flexibility index (Phi) is 11.7. The molecular formula is C44H60FNO3. The van der Waals surface area contributed by atoms with Crippen molar-refractivity contribution in [2.24, 2.45) is 23.2 Å². The van der Waals surface area contributed by atoms with Crippen LogP contribution in [0.25, 0.3) is 10.8 Å². The number of aliphatic hydroxyl groups is 1. The van der Waals surface area contributed by atoms with Gasteiger partial charge in [-0.2, -0.15) is 0 Å². The minimum atomic E-state index is -0.962. The first-order valence-corrected chi connectivity index (χ1v) is 19.7. The highest BCUT2D eigenvalue weighted by molar-refractivity contribution is 5.98. The number of aromatic hydroxyl groups is 1. The molecule has 3 aliphatic carbocycles. The van der Waals surface area contributed by atoms with Gasteiger partial charge in [0, 0.05) is 25.1 Å². The van der Waals surface area contributed by atoms with E-state index < -0.39 is 12.3 Å². The third kappa shape index (κ3) is 7.58. The highest BCUT2D eigenvalue weighted by atomic mass is 19.1. The van der Waals surface area contributed by atoms with Crippen LogP contribution in [0.15, 0.2) is 54.6 Å². The lowest BCUT2D eigenvalue weighted by Gasteiger charge is -2.54. The summed E-state index contributed by atoms with van der Waals surface area (Å²) in [5.74, 6) is 1.20. The fraction of sp³-hybridized carbons (Fsp3) is 0.614. The number of carbonyl (C=O) groups is 1. The number of hydrogen-bond donors (Lipinski definition) is 2. The highest BCUT2D eigenvalue weighted by Gasteiger charge is 2.59. The zero-order valence-corrected chi connectivity index (χ0v) is 30.3. The van der Waals surface area contributed by atoms with Crippen LogP contribution in [0, 0.1) is 23.2 Å². The fourth-order valence-corrected chi connectivity index (χ4v) is 10.4. The van der Waals surface area contributed by atoms with Crippen LogP contribution in [-0.4, -0.2) is 34.9 Å². The molecular weight excluding hydrogens is 609 g/mol. The second-order valence-corrected chi connectivity index (χ2v) is 16.1. The van der Waals surface area contributed by atoms with Gasteiger partial charge in [0.1, 0.15) is 11.9 Å². The first-order chi connectivity index (χ1) is 23.7. The van der Waals surface area contributed by atoms with Crippen molar-refractivity contribution in [2.75, 3.05) is 11.4 Å². The molecule has 0 heterocycles. The summed E-state index contributed by atoms with van der Waals surface area (Å²) in [6, 6.07) is 18.5. The van der Waals surface area contributed by atoms with E-state index in [0.717, 1.165) is 94.0 Å². The molecule has 0 saturated heterocycles. The van der Waals surface area contributed by atoms with Gasteiger partial charge in [-0.3, -0.25) is 4.79 Å². The molecule has 5 heteroatoms. The number of nitrogens with zero attached hydrogens (tertiary/aromatic N) is 1. The Morgan fingerprint density at radius 3 is 2.51 bits per heavy atom. The predicted octanol–water partition coefficient (Wildman–Crippen LogP) is 10.8. The Bertz CT molecular complexity index is 1570. The molecule has 3 aromatic rings. The maximum Gasteiger partial charge on any atom is 0.223 e. The van der Waals surface area contributed by atoms with Gasteiger partial charge in [0.25, 0.3) is 0 Å². The van der Waals surface area contributed by atoms with Crippen molar-refractivity contribution in [3.63, 3.8) is 0 Å². The van der Waals surface area contributed by atoms with Crippen molar-refractivity contribution in [2.45, 2.75) is 142 Å². The fourth-order valence-electron chi connectivity index (χ4n) is 10.4. The van der Waals surface area contributed by atoms with Crippen molar-refractivity contribution in [1.82, 2.24) is 0 Å². The number of hydrogen-bond acceptors (Lipinski definition) is 3. The van der Waals surface area contributed by atoms with E-state index in [9.17, 15) is 15.0 Å². The summed E-state index contributed by atoms with van der Waals surface area (Å²) in [5, 5.41) is 23.8. The molecule has 3 aromatic carbocycles. The van der Waals surface area contributed by atoms with Gasteiger partial charge < -0.3 is 15.1 Å². The van der Waals surface area contributed by atoms with Crippen LogP contribution in [0.1, 0.15) is 133 Å². The van der Waals surface area contributed by atoms with E-state index >= 15 is 4.39 Å². The van der Waals surface area contributed by atoms with Gasteiger partial charge >= 0.3 is 0 Å². The smallest absolute Gasteiger partial charge is 0.223 e. The molecule has 0 bridgehead atoms. The van der Waals surface area contributed by atoms with E-state index in [0.29, 0.717) is 18.3 Å². The predicted molar refractivity (Wildman–Crippen MR) is 200 cm³/mol. The Hall–Kier alpha value is -2.92. The van der Waals surface area contributed by atoms with Gasteiger partial charge in [-0.15, -0.1) is 0 Å². The van der Waals surface area contributed by atoms with E-state index in [1.54, 1.807) is 13.0 Å². The number of amides is 1. The zero-order chi connectivity index (χ0) is 34.5. The Morgan fingerprint density at radius 2 is 1.69 bits per heavy atom. The normalized spacial score (nSPS) is 27.4. The van der Waals surface area contributed by atoms with Crippen LogP contribution >= 0.6 is 0 Å². The van der Waals surface area contributed by atoms with Gasteiger partial charge in [0.05, 0.1) is 6.10 Å². The Labute approximate surface area is 294 Å². The number of anilines is 1. The summed E-state index contributed by atoms with van der Waals surface area (Å²) in [6.07, 6.45) is 15.3. The van der Waals surface area contributed by atoms with Gasteiger partial charge in [0.2, 0.25) is 5.91 Å². The molecule has 2 fully saturated rings. The number of fused-ring (bicyclic) bond motifs is 6. The summed E-state index contributed by atoms with van der Waals surface area (Å²) < 4.78 is 16.2. The quantitative estimate of drug-likeness (QED) is 0.158. The standard InChI is InChI=1S/C44H60FNO3/c1-4-5-6-7-10-15-26-46(30(2)47)40-24-20-31-16-13-14-18-35(31)37(40)19-12-9-8-11-17-32-27-33-28-34(48)21-22-36(33)43-39(45)29-44(3)38(42(32)43)23-25-41(44)49/h13-14,16,18,20-22,24,28,32,38-39,41-43,48-49H,4-12,15,17,19,23,25-27,29H2,1-3H3/t32?,38?,39?,41?,42?,43?,44-/m0/s1. The topological polar surface area (TPSA) is 60.8 Å². The van der Waals surface area contributed by atoms with Crippen LogP contribution in [0.3, 0.4) is 0 Å². The monoisotopic (exact) mass is 669 g/mol. The zero-order valence-electron chi connectivity index (χ0n) is 30.3. The second-order valence-electron chi connectivity index (χ2n) is 16.1. The lowest BCUT2D eigenvalue weighted by molar-refractivity contribution is -0.116. The third-order valence-corrected chi connectivity index (χ3v) is 12.9. The van der Waals surface area contributed by atoms with Gasteiger partial charge in [-0.1, -0.05) is 102 Å². The molecule has 49 heavy (non-hydrogen) atoms. The number of aryl methyl sites for hydroxylation is 1. The molecule has 4 nitrogen and oxygen atoms in total. The first-order valence-electron chi connectivity index (χ1n) is 19.7. The van der Waals surface area contributed by atoms with Crippen molar-refractivity contribution < 1.29 is 19.4 Å². The summed E-state index contributed by atoms with van der Waals surface area (Å²) in [4.78, 5) is 15.0. The van der Waals surface area contributed by atoms with E-state index in [1.807, 2.05) is 17.0 Å². The van der Waals surface area contributed by atoms with Crippen molar-refractivity contribution in [3.05, 3.63) is 71.3 Å². The first kappa shape index (κ1) is 35.9. The molecule has 3 aliphatic rings. The summed E-state index contributed by atoms with van der Waals surface area (Å²) in [7, 11) is 0. The number of aliphatic hydroxyl groups excluding tert-OH is 1. The maximum absolute atomic E-state index is 16.2. The summed E-state index contributed by atoms with van der Waals surface area (Å²) >= 11 is 0. The Balaban J connectivity index is 1.11. The third-order valence-electron chi connectivity index (χ3n) is 12.9. The number of carbonyl (C=O) groups excluding carboxylic acids is 1. The number of halogens is 1. The van der Waals surface area contributed by atoms with E-state index in [1.165, 1.54) is 42.0 Å². The Morgan fingerprint density at radius 1 is 0.939 bits per heavy atom. The maximum atomic E-state index is 16.2. The minimum Gasteiger partial charge on any atom is -0.508 e. The lowest BCUT2D eigenvalue weighted by Crippen LogP contribution is -2.51. The number of alkyl halides is 1. The van der Waals surface area contributed by atoms with Crippen molar-refractivity contribution in [3.8, 4) is 5.75 Å². The molecule has 7 atom stereocenters. The number of unbranched alkanes of at least 4 members (excludes halogenated alkanes) is 8. The van der Waals surface area contributed by atoms with Crippen molar-refractivity contribution in [1.29, 1.82) is 0 Å². The number of rotatable bonds is 15. The average Bonchev–Trinajstić information content (AvgIpc) is 3.38. The summed E-state index contributed by atoms with van der Waals surface area (Å²) in [6.45, 7) is 6.86. The van der Waals surface area contributed by atoms with Gasteiger partial charge in [-0.05, 0) is 120 Å². The minimum absolute atomic E-state index is 0.120. The van der Waals surface area contributed by atoms with Crippen LogP contribution in [-0.2, 0) is 17.6 Å². The SMILES string of the molecule is CCCCCCCCN(C(C)=O)c1ccc2ccccc2c1CCCCCCC1Cc2cc(O)ccc2C2C(F)C[C@]3(C)C(O)CCC3C12. The molecule has 266 valence electrons. The lowest BCUT2D eigenvalue weighted by atomic mass is 9.51. The van der Waals surface area contributed by atoms with Gasteiger partial charge in [-0.25, -0.2) is 4.39 Å². The number of phenolic OH excluding ortho intramolecular Hbond substituents is 1. The van der Waals surface area contributed by atoms with Gasteiger partial charge in [0.15, 0.2) is 0 Å². The van der Waals surface area contributed by atoms with Crippen LogP contribution in [0.5, 0.6) is 5.75 Å². The average molecular weight is 670 g/mol. The highest BCUT2D eigenvalue weighted by Crippen LogP contribution is 2.63. The molecule has 2 saturated carbocycles. The van der Waals surface area contributed by atoms with E-state index in [4.69, 9.17) is 0 Å². The second kappa shape index (κ2) is 16.0. The molecule has 0 spiro atoms. The molecule has 2 N–H and O–H groups in total. The van der Waals surface area contributed by atoms with E-state index in [2.05, 4.69) is 50.2 Å². The molecule has 1 amide bonds. The van der Waals surface area contributed by atoms with E-state index in [-0.39, 0.29) is 28.9 Å². The van der Waals surface area contributed by atoms with Crippen LogP contribution < -0.4 is 4.90 Å². The molecule has 0 aliphatic heterocycles. The molecule has 6 unspecified atom stereocenters. The number of benzene rings is 3. The largest absolute Gasteiger partial charge is 0.508 e. The molecule has 0 radical (unpaired) electrons. The van der Waals surface area contributed by atoms with Crippen LogP contribution in [0.4, 0.5) is 10.1 Å². The van der Waals surface area contributed by atoms with Crippen molar-refractivity contribution >= 4 is 22.4 Å². The van der Waals surface area contributed by atoms with Crippen LogP contribution in [0.2, 0.25) is 0 Å².